The fraction of sp³-hybridized carbons (Fsp3) is 0.312. The Balaban J connectivity index is 1.89. The number of ether oxygens (including phenoxy) is 1. The van der Waals surface area contributed by atoms with Gasteiger partial charge in [-0.15, -0.1) is 10.2 Å². The molecule has 136 valence electrons. The molecule has 1 aromatic carbocycles. The molecular formula is C16H19N7O3. The molecule has 0 saturated carbocycles. The average molecular weight is 357 g/mol. The second-order valence-corrected chi connectivity index (χ2v) is 5.81. The molecule has 0 radical (unpaired) electrons. The Bertz CT molecular complexity index is 856. The fourth-order valence-electron chi connectivity index (χ4n) is 2.56. The molecule has 6 N–H and O–H groups in total. The molecular weight excluding hydrogens is 338 g/mol. The average Bonchev–Trinajstić information content (AvgIpc) is 3.07. The number of nitrogens with zero attached hydrogens (tertiary/aromatic N) is 3. The van der Waals surface area contributed by atoms with Crippen LogP contribution < -0.4 is 22.1 Å². The highest BCUT2D eigenvalue weighted by Crippen LogP contribution is 2.25. The normalized spacial score (nSPS) is 13.7. The van der Waals surface area contributed by atoms with Crippen LogP contribution in [-0.4, -0.2) is 33.0 Å². The number of hydrogen-bond acceptors (Lipinski definition) is 8. The second kappa shape index (κ2) is 7.31. The third-order valence-electron chi connectivity index (χ3n) is 3.96. The summed E-state index contributed by atoms with van der Waals surface area (Å²) >= 11 is 0. The third kappa shape index (κ3) is 3.70. The van der Waals surface area contributed by atoms with E-state index in [0.717, 1.165) is 11.1 Å². The van der Waals surface area contributed by atoms with E-state index in [-0.39, 0.29) is 17.5 Å². The summed E-state index contributed by atoms with van der Waals surface area (Å²) in [7, 11) is 0. The molecule has 0 spiro atoms. The maximum Gasteiger partial charge on any atom is 0.273 e. The first-order chi connectivity index (χ1) is 12.5. The first kappa shape index (κ1) is 17.5. The van der Waals surface area contributed by atoms with Crippen LogP contribution in [0, 0.1) is 0 Å². The smallest absolute Gasteiger partial charge is 0.273 e. The van der Waals surface area contributed by atoms with Crippen molar-refractivity contribution in [1.82, 2.24) is 15.2 Å². The quantitative estimate of drug-likeness (QED) is 0.555. The summed E-state index contributed by atoms with van der Waals surface area (Å²) in [6, 6.07) is 5.02. The second-order valence-electron chi connectivity index (χ2n) is 5.81. The molecule has 10 nitrogen and oxygen atoms in total. The summed E-state index contributed by atoms with van der Waals surface area (Å²) in [6.07, 6.45) is 0.448. The van der Waals surface area contributed by atoms with Crippen LogP contribution in [0.3, 0.4) is 0 Å². The van der Waals surface area contributed by atoms with Crippen molar-refractivity contribution in [3.05, 3.63) is 35.0 Å². The van der Waals surface area contributed by atoms with Gasteiger partial charge in [-0.05, 0) is 29.7 Å². The summed E-state index contributed by atoms with van der Waals surface area (Å²) < 4.78 is 5.39. The molecule has 2 heterocycles. The molecule has 1 atom stereocenters. The molecule has 2 amide bonds. The van der Waals surface area contributed by atoms with Crippen LogP contribution in [0.15, 0.2) is 18.2 Å². The van der Waals surface area contributed by atoms with Crippen molar-refractivity contribution in [3.63, 3.8) is 0 Å². The lowest BCUT2D eigenvalue weighted by Gasteiger charge is -2.14. The van der Waals surface area contributed by atoms with Crippen molar-refractivity contribution in [2.24, 2.45) is 11.5 Å². The van der Waals surface area contributed by atoms with E-state index in [1.807, 2.05) is 18.2 Å². The van der Waals surface area contributed by atoms with Crippen molar-refractivity contribution in [2.75, 3.05) is 10.6 Å². The van der Waals surface area contributed by atoms with Crippen LogP contribution in [0.2, 0.25) is 0 Å². The van der Waals surface area contributed by atoms with Gasteiger partial charge in [0.25, 0.3) is 5.91 Å². The van der Waals surface area contributed by atoms with Gasteiger partial charge in [-0.1, -0.05) is 13.0 Å². The molecule has 0 aliphatic carbocycles. The zero-order valence-electron chi connectivity index (χ0n) is 14.2. The number of benzene rings is 1. The van der Waals surface area contributed by atoms with E-state index in [9.17, 15) is 9.59 Å². The van der Waals surface area contributed by atoms with E-state index in [2.05, 4.69) is 25.8 Å². The van der Waals surface area contributed by atoms with E-state index < -0.39 is 17.9 Å². The van der Waals surface area contributed by atoms with Gasteiger partial charge in [0.05, 0.1) is 13.2 Å². The summed E-state index contributed by atoms with van der Waals surface area (Å²) in [6.45, 7) is 2.90. The minimum absolute atomic E-state index is 0.0626. The summed E-state index contributed by atoms with van der Waals surface area (Å²) in [5.41, 5.74) is 13.4. The number of nitrogens with one attached hydrogen (secondary N) is 2. The van der Waals surface area contributed by atoms with Gasteiger partial charge in [-0.2, -0.15) is 4.98 Å². The highest BCUT2D eigenvalue weighted by molar-refractivity contribution is 5.96. The molecule has 0 unspecified atom stereocenters. The number of fused-ring (bicyclic) bond motifs is 1. The number of rotatable bonds is 7. The van der Waals surface area contributed by atoms with Gasteiger partial charge >= 0.3 is 0 Å². The molecule has 1 aliphatic heterocycles. The fourth-order valence-corrected chi connectivity index (χ4v) is 2.56. The number of hydrogen-bond donors (Lipinski definition) is 4. The SMILES string of the molecule is CC[C@@H](Nc1nnc(C(N)=O)c(Nc2ccc3c(c2)COC3)n1)C(N)=O. The first-order valence-corrected chi connectivity index (χ1v) is 8.05. The third-order valence-corrected chi connectivity index (χ3v) is 3.96. The van der Waals surface area contributed by atoms with E-state index in [1.54, 1.807) is 6.92 Å². The van der Waals surface area contributed by atoms with Gasteiger partial charge < -0.3 is 26.8 Å². The number of anilines is 3. The lowest BCUT2D eigenvalue weighted by Crippen LogP contribution is -2.35. The standard InChI is InChI=1S/C16H19N7O3/c1-2-11(13(17)24)20-16-21-15(12(14(18)25)22-23-16)19-10-4-3-8-6-26-7-9(8)5-10/h3-5,11H,2,6-7H2,1H3,(H2,17,24)(H2,18,25)(H2,19,20,21,23)/t11-/m1/s1. The molecule has 1 aromatic heterocycles. The Morgan fingerprint density at radius 3 is 2.69 bits per heavy atom. The Hall–Kier alpha value is -3.27. The van der Waals surface area contributed by atoms with Gasteiger partial charge in [0.1, 0.15) is 6.04 Å². The highest BCUT2D eigenvalue weighted by Gasteiger charge is 2.19. The summed E-state index contributed by atoms with van der Waals surface area (Å²) in [5.74, 6) is -1.12. The van der Waals surface area contributed by atoms with E-state index in [0.29, 0.717) is 25.3 Å². The molecule has 3 rings (SSSR count). The van der Waals surface area contributed by atoms with Gasteiger partial charge in [-0.25, -0.2) is 0 Å². The summed E-state index contributed by atoms with van der Waals surface area (Å²) in [5, 5.41) is 13.4. The first-order valence-electron chi connectivity index (χ1n) is 8.05. The Morgan fingerprint density at radius 2 is 2.00 bits per heavy atom. The molecule has 0 fully saturated rings. The van der Waals surface area contributed by atoms with E-state index in [4.69, 9.17) is 16.2 Å². The number of aromatic nitrogens is 3. The van der Waals surface area contributed by atoms with Crippen LogP contribution in [0.1, 0.15) is 35.0 Å². The van der Waals surface area contributed by atoms with Crippen LogP contribution in [0.5, 0.6) is 0 Å². The predicted molar refractivity (Wildman–Crippen MR) is 93.5 cm³/mol. The molecule has 26 heavy (non-hydrogen) atoms. The molecule has 10 heteroatoms. The topological polar surface area (TPSA) is 158 Å². The maximum atomic E-state index is 11.6. The van der Waals surface area contributed by atoms with Gasteiger partial charge in [0, 0.05) is 5.69 Å². The Kier molecular flexibility index (Phi) is 4.94. The van der Waals surface area contributed by atoms with Crippen molar-refractivity contribution in [1.29, 1.82) is 0 Å². The van der Waals surface area contributed by atoms with Crippen LogP contribution in [0.25, 0.3) is 0 Å². The molecule has 2 aromatic rings. The summed E-state index contributed by atoms with van der Waals surface area (Å²) in [4.78, 5) is 27.2. The highest BCUT2D eigenvalue weighted by atomic mass is 16.5. The Morgan fingerprint density at radius 1 is 1.23 bits per heavy atom. The number of nitrogens with two attached hydrogens (primary N) is 2. The van der Waals surface area contributed by atoms with Crippen molar-refractivity contribution < 1.29 is 14.3 Å². The Labute approximate surface area is 149 Å². The van der Waals surface area contributed by atoms with E-state index >= 15 is 0 Å². The van der Waals surface area contributed by atoms with Crippen LogP contribution in [-0.2, 0) is 22.7 Å². The van der Waals surface area contributed by atoms with Crippen LogP contribution in [0.4, 0.5) is 17.5 Å². The number of carbonyl (C=O) groups is 2. The monoisotopic (exact) mass is 357 g/mol. The van der Waals surface area contributed by atoms with Crippen LogP contribution >= 0.6 is 0 Å². The van der Waals surface area contributed by atoms with Crippen molar-refractivity contribution in [3.8, 4) is 0 Å². The molecule has 0 bridgehead atoms. The predicted octanol–water partition coefficient (Wildman–Crippen LogP) is 0.420. The van der Waals surface area contributed by atoms with E-state index in [1.165, 1.54) is 0 Å². The minimum atomic E-state index is -0.773. The lowest BCUT2D eigenvalue weighted by molar-refractivity contribution is -0.118. The molecule has 0 saturated heterocycles. The number of amides is 2. The lowest BCUT2D eigenvalue weighted by atomic mass is 10.1. The van der Waals surface area contributed by atoms with Crippen molar-refractivity contribution in [2.45, 2.75) is 32.6 Å². The van der Waals surface area contributed by atoms with Gasteiger partial charge in [0.15, 0.2) is 11.5 Å². The number of carbonyl (C=O) groups excluding carboxylic acids is 2. The van der Waals surface area contributed by atoms with Gasteiger partial charge in [-0.3, -0.25) is 9.59 Å². The molecule has 1 aliphatic rings. The zero-order valence-corrected chi connectivity index (χ0v) is 14.2. The maximum absolute atomic E-state index is 11.6. The number of primary amides is 2. The minimum Gasteiger partial charge on any atom is -0.372 e. The van der Waals surface area contributed by atoms with Crippen molar-refractivity contribution >= 4 is 29.3 Å². The van der Waals surface area contributed by atoms with Gasteiger partial charge in [0.2, 0.25) is 11.9 Å². The largest absolute Gasteiger partial charge is 0.372 e. The zero-order chi connectivity index (χ0) is 18.7.